The van der Waals surface area contributed by atoms with Gasteiger partial charge < -0.3 is 5.32 Å². The predicted molar refractivity (Wildman–Crippen MR) is 70.5 cm³/mol. The second-order valence-corrected chi connectivity index (χ2v) is 6.34. The topological polar surface area (TPSA) is 12.0 Å². The van der Waals surface area contributed by atoms with Crippen LogP contribution in [0.4, 0.5) is 0 Å². The van der Waals surface area contributed by atoms with Gasteiger partial charge in [-0.3, -0.25) is 0 Å². The van der Waals surface area contributed by atoms with E-state index in [4.69, 9.17) is 0 Å². The van der Waals surface area contributed by atoms with Crippen LogP contribution in [0.3, 0.4) is 0 Å². The predicted octanol–water partition coefficient (Wildman–Crippen LogP) is 3.82. The highest BCUT2D eigenvalue weighted by Gasteiger charge is 2.46. The van der Waals surface area contributed by atoms with Crippen molar-refractivity contribution in [3.05, 3.63) is 22.8 Å². The van der Waals surface area contributed by atoms with E-state index < -0.39 is 0 Å². The third kappa shape index (κ3) is 1.86. The first-order valence-electron chi connectivity index (χ1n) is 6.51. The minimum atomic E-state index is 0.327. The van der Waals surface area contributed by atoms with E-state index in [-0.39, 0.29) is 0 Å². The number of hydrogen-bond acceptors (Lipinski definition) is 1. The summed E-state index contributed by atoms with van der Waals surface area (Å²) in [6.45, 7) is 9.35. The summed E-state index contributed by atoms with van der Waals surface area (Å²) in [5.74, 6) is 0. The van der Waals surface area contributed by atoms with Crippen LogP contribution in [0.1, 0.15) is 53.4 Å². The van der Waals surface area contributed by atoms with E-state index in [0.717, 1.165) is 0 Å². The van der Waals surface area contributed by atoms with Gasteiger partial charge in [0.25, 0.3) is 0 Å². The molecule has 0 atom stereocenters. The minimum Gasteiger partial charge on any atom is -0.310 e. The molecular weight excluding hydrogens is 194 g/mol. The Morgan fingerprint density at radius 1 is 1.25 bits per heavy atom. The van der Waals surface area contributed by atoms with Gasteiger partial charge in [-0.15, -0.1) is 0 Å². The molecule has 0 bridgehead atoms. The number of allylic oxidation sites excluding steroid dienone is 2. The lowest BCUT2D eigenvalue weighted by Crippen LogP contribution is -2.32. The fourth-order valence-electron chi connectivity index (χ4n) is 3.13. The van der Waals surface area contributed by atoms with Gasteiger partial charge in [0.1, 0.15) is 0 Å². The van der Waals surface area contributed by atoms with Crippen LogP contribution in [0, 0.1) is 5.41 Å². The second-order valence-electron chi connectivity index (χ2n) is 6.34. The van der Waals surface area contributed by atoms with Crippen molar-refractivity contribution in [2.75, 3.05) is 7.05 Å². The molecule has 1 heteroatoms. The van der Waals surface area contributed by atoms with Crippen LogP contribution in [-0.2, 0) is 0 Å². The van der Waals surface area contributed by atoms with Gasteiger partial charge in [-0.1, -0.05) is 32.4 Å². The van der Waals surface area contributed by atoms with Gasteiger partial charge >= 0.3 is 0 Å². The van der Waals surface area contributed by atoms with E-state index >= 15 is 0 Å². The van der Waals surface area contributed by atoms with E-state index in [2.05, 4.69) is 46.1 Å². The summed E-state index contributed by atoms with van der Waals surface area (Å²) in [7, 11) is 2.10. The smallest absolute Gasteiger partial charge is 0.0433 e. The molecule has 2 aliphatic rings. The van der Waals surface area contributed by atoms with Crippen molar-refractivity contribution in [3.63, 3.8) is 0 Å². The van der Waals surface area contributed by atoms with Crippen molar-refractivity contribution < 1.29 is 0 Å². The molecular formula is C15H25N. The molecule has 0 saturated heterocycles. The average Bonchev–Trinajstić information content (AvgIpc) is 2.97. The highest BCUT2D eigenvalue weighted by molar-refractivity contribution is 5.48. The molecule has 2 aliphatic carbocycles. The van der Waals surface area contributed by atoms with Crippen molar-refractivity contribution in [3.8, 4) is 0 Å². The molecule has 0 amide bonds. The lowest BCUT2D eigenvalue weighted by Gasteiger charge is -2.32. The van der Waals surface area contributed by atoms with E-state index in [1.165, 1.54) is 25.7 Å². The van der Waals surface area contributed by atoms with Crippen LogP contribution in [-0.4, -0.2) is 12.6 Å². The summed E-state index contributed by atoms with van der Waals surface area (Å²) in [6, 6.07) is 0. The third-order valence-electron chi connectivity index (χ3n) is 4.25. The average molecular weight is 219 g/mol. The van der Waals surface area contributed by atoms with Gasteiger partial charge in [-0.25, -0.2) is 0 Å². The SMILES string of the molecule is CNC1(C2=CCCC(C(C)(C)C)=C2C)CC1. The van der Waals surface area contributed by atoms with Crippen LogP contribution in [0.5, 0.6) is 0 Å². The lowest BCUT2D eigenvalue weighted by atomic mass is 9.75. The number of nitrogens with one attached hydrogen (secondary N) is 1. The Bertz CT molecular complexity index is 348. The zero-order valence-electron chi connectivity index (χ0n) is 11.4. The molecule has 0 aliphatic heterocycles. The third-order valence-corrected chi connectivity index (χ3v) is 4.25. The van der Waals surface area contributed by atoms with Crippen molar-refractivity contribution in [1.29, 1.82) is 0 Å². The van der Waals surface area contributed by atoms with Gasteiger partial charge in [0, 0.05) is 5.54 Å². The largest absolute Gasteiger partial charge is 0.310 e. The molecule has 1 fully saturated rings. The highest BCUT2D eigenvalue weighted by atomic mass is 15.0. The maximum Gasteiger partial charge on any atom is 0.0433 e. The van der Waals surface area contributed by atoms with E-state index in [1.807, 2.05) is 0 Å². The first-order chi connectivity index (χ1) is 7.41. The highest BCUT2D eigenvalue weighted by Crippen LogP contribution is 2.49. The van der Waals surface area contributed by atoms with Crippen molar-refractivity contribution in [2.24, 2.45) is 5.41 Å². The van der Waals surface area contributed by atoms with E-state index in [9.17, 15) is 0 Å². The van der Waals surface area contributed by atoms with Crippen LogP contribution < -0.4 is 5.32 Å². The molecule has 0 spiro atoms. The molecule has 0 aromatic heterocycles. The van der Waals surface area contributed by atoms with Crippen molar-refractivity contribution in [1.82, 2.24) is 5.32 Å². The van der Waals surface area contributed by atoms with Gasteiger partial charge in [-0.2, -0.15) is 0 Å². The van der Waals surface area contributed by atoms with E-state index in [1.54, 1.807) is 16.7 Å². The summed E-state index contributed by atoms with van der Waals surface area (Å²) in [6.07, 6.45) is 7.56. The van der Waals surface area contributed by atoms with E-state index in [0.29, 0.717) is 11.0 Å². The molecule has 0 aromatic rings. The zero-order chi connectivity index (χ0) is 12.0. The van der Waals surface area contributed by atoms with Gasteiger partial charge in [0.15, 0.2) is 0 Å². The maximum atomic E-state index is 3.52. The monoisotopic (exact) mass is 219 g/mol. The molecule has 1 nitrogen and oxygen atoms in total. The molecule has 16 heavy (non-hydrogen) atoms. The zero-order valence-corrected chi connectivity index (χ0v) is 11.4. The first kappa shape index (κ1) is 11.9. The van der Waals surface area contributed by atoms with Gasteiger partial charge in [0.2, 0.25) is 0 Å². The fraction of sp³-hybridized carbons (Fsp3) is 0.733. The Morgan fingerprint density at radius 3 is 2.31 bits per heavy atom. The fourth-order valence-corrected chi connectivity index (χ4v) is 3.13. The molecule has 1 N–H and O–H groups in total. The Morgan fingerprint density at radius 2 is 1.88 bits per heavy atom. The summed E-state index contributed by atoms with van der Waals surface area (Å²) in [4.78, 5) is 0. The number of likely N-dealkylation sites (N-methyl/N-ethyl adjacent to an activating group) is 1. The lowest BCUT2D eigenvalue weighted by molar-refractivity contribution is 0.470. The van der Waals surface area contributed by atoms with Crippen LogP contribution in [0.15, 0.2) is 22.8 Å². The Labute approximate surface area is 100 Å². The summed E-state index contributed by atoms with van der Waals surface area (Å²) in [5, 5.41) is 3.52. The minimum absolute atomic E-state index is 0.327. The molecule has 0 heterocycles. The molecule has 0 radical (unpaired) electrons. The van der Waals surface area contributed by atoms with Crippen LogP contribution >= 0.6 is 0 Å². The Kier molecular flexibility index (Phi) is 2.78. The van der Waals surface area contributed by atoms with Crippen LogP contribution in [0.2, 0.25) is 0 Å². The summed E-state index contributed by atoms with van der Waals surface area (Å²) in [5.41, 5.74) is 5.47. The quantitative estimate of drug-likeness (QED) is 0.744. The maximum absolute atomic E-state index is 3.52. The van der Waals surface area contributed by atoms with Gasteiger partial charge in [0.05, 0.1) is 0 Å². The molecule has 0 unspecified atom stereocenters. The standard InChI is InChI=1S/C15H25N/c1-11-12(14(2,3)4)7-6-8-13(11)15(16-5)9-10-15/h8,16H,6-7,9-10H2,1-5H3. The second kappa shape index (κ2) is 3.73. The Hall–Kier alpha value is -0.560. The summed E-state index contributed by atoms with van der Waals surface area (Å²) < 4.78 is 0. The molecule has 90 valence electrons. The van der Waals surface area contributed by atoms with Crippen molar-refractivity contribution in [2.45, 2.75) is 58.9 Å². The first-order valence-corrected chi connectivity index (χ1v) is 6.51. The Balaban J connectivity index is 2.36. The molecule has 0 aromatic carbocycles. The normalized spacial score (nSPS) is 24.4. The van der Waals surface area contributed by atoms with Crippen LogP contribution in [0.25, 0.3) is 0 Å². The number of hydrogen-bond donors (Lipinski definition) is 1. The molecule has 1 saturated carbocycles. The number of rotatable bonds is 2. The van der Waals surface area contributed by atoms with Crippen molar-refractivity contribution >= 4 is 0 Å². The van der Waals surface area contributed by atoms with Gasteiger partial charge in [-0.05, 0) is 56.2 Å². The summed E-state index contributed by atoms with van der Waals surface area (Å²) >= 11 is 0. The molecule has 2 rings (SSSR count).